The van der Waals surface area contributed by atoms with Crippen LogP contribution < -0.4 is 16.8 Å². The number of amidine groups is 1. The number of aromatic amines is 1. The Morgan fingerprint density at radius 1 is 1.29 bits per heavy atom. The Kier molecular flexibility index (Phi) is 4.68. The van der Waals surface area contributed by atoms with Gasteiger partial charge in [0.1, 0.15) is 11.1 Å². The van der Waals surface area contributed by atoms with Gasteiger partial charge in [-0.1, -0.05) is 17.7 Å². The van der Waals surface area contributed by atoms with Gasteiger partial charge in [0.2, 0.25) is 0 Å². The van der Waals surface area contributed by atoms with Gasteiger partial charge in [-0.2, -0.15) is 10.2 Å². The normalized spacial score (nSPS) is 11.7. The molecule has 0 bridgehead atoms. The molecule has 0 spiro atoms. The van der Waals surface area contributed by atoms with E-state index in [1.54, 1.807) is 24.3 Å². The third-order valence-electron chi connectivity index (χ3n) is 3.85. The molecule has 4 N–H and O–H groups in total. The second-order valence-electron chi connectivity index (χ2n) is 5.71. The standard InChI is InChI=1S/C18H12ClN5O3S/c19-10-3-4-14-9(6-10)7-11(18(26)27-14)16(20)23-24-17(25)13-8-12(21-22-13)15-2-1-5-28-15/h1-8H,(H2,20,23)(H,21,22)(H,24,25). The maximum absolute atomic E-state index is 12.2. The first kappa shape index (κ1) is 18.0. The van der Waals surface area contributed by atoms with Crippen molar-refractivity contribution in [3.8, 4) is 10.6 Å². The number of benzene rings is 1. The highest BCUT2D eigenvalue weighted by molar-refractivity contribution is 7.13. The molecule has 1 aromatic carbocycles. The summed E-state index contributed by atoms with van der Waals surface area (Å²) in [5.41, 5.74) is 8.68. The summed E-state index contributed by atoms with van der Waals surface area (Å²) in [6.45, 7) is 0. The number of amides is 1. The first-order valence-electron chi connectivity index (χ1n) is 7.98. The topological polar surface area (TPSA) is 126 Å². The summed E-state index contributed by atoms with van der Waals surface area (Å²) in [5, 5.41) is 13.5. The minimum Gasteiger partial charge on any atom is -0.422 e. The SMILES string of the molecule is N/C(=N/NC(=O)c1cc(-c2cccs2)[nH]n1)c1cc2cc(Cl)ccc2oc1=O. The van der Waals surface area contributed by atoms with E-state index in [1.165, 1.54) is 17.4 Å². The molecule has 0 saturated carbocycles. The Bertz CT molecular complexity index is 1260. The fourth-order valence-electron chi connectivity index (χ4n) is 2.50. The summed E-state index contributed by atoms with van der Waals surface area (Å²) < 4.78 is 5.20. The minimum atomic E-state index is -0.676. The number of hydrogen-bond acceptors (Lipinski definition) is 6. The van der Waals surface area contributed by atoms with Gasteiger partial charge in [0, 0.05) is 10.4 Å². The lowest BCUT2D eigenvalue weighted by molar-refractivity contribution is 0.0950. The Morgan fingerprint density at radius 2 is 2.14 bits per heavy atom. The molecule has 0 aliphatic carbocycles. The quantitative estimate of drug-likeness (QED) is 0.205. The van der Waals surface area contributed by atoms with E-state index in [0.29, 0.717) is 21.7 Å². The van der Waals surface area contributed by atoms with Crippen LogP contribution in [0.15, 0.2) is 62.2 Å². The van der Waals surface area contributed by atoms with Gasteiger partial charge < -0.3 is 10.2 Å². The molecule has 4 rings (SSSR count). The number of hydrazone groups is 1. The molecule has 28 heavy (non-hydrogen) atoms. The van der Waals surface area contributed by atoms with Crippen LogP contribution in [0.1, 0.15) is 16.1 Å². The highest BCUT2D eigenvalue weighted by atomic mass is 35.5. The maximum Gasteiger partial charge on any atom is 0.347 e. The number of nitrogens with one attached hydrogen (secondary N) is 2. The molecular formula is C18H12ClN5O3S. The zero-order valence-corrected chi connectivity index (χ0v) is 15.7. The monoisotopic (exact) mass is 413 g/mol. The Morgan fingerprint density at radius 3 is 2.93 bits per heavy atom. The Labute approximate surface area is 166 Å². The van der Waals surface area contributed by atoms with Crippen LogP contribution in [-0.4, -0.2) is 21.9 Å². The van der Waals surface area contributed by atoms with E-state index in [4.69, 9.17) is 21.8 Å². The number of carbonyl (C=O) groups excluding carboxylic acids is 1. The highest BCUT2D eigenvalue weighted by Crippen LogP contribution is 2.23. The minimum absolute atomic E-state index is 0.0105. The van der Waals surface area contributed by atoms with E-state index in [9.17, 15) is 9.59 Å². The zero-order valence-electron chi connectivity index (χ0n) is 14.1. The van der Waals surface area contributed by atoms with Crippen LogP contribution in [0.2, 0.25) is 5.02 Å². The van der Waals surface area contributed by atoms with Crippen LogP contribution in [0, 0.1) is 0 Å². The van der Waals surface area contributed by atoms with Crippen molar-refractivity contribution in [1.29, 1.82) is 0 Å². The first-order chi connectivity index (χ1) is 13.5. The van der Waals surface area contributed by atoms with Crippen molar-refractivity contribution in [1.82, 2.24) is 15.6 Å². The highest BCUT2D eigenvalue weighted by Gasteiger charge is 2.13. The van der Waals surface area contributed by atoms with Gasteiger partial charge in [-0.05, 0) is 41.8 Å². The van der Waals surface area contributed by atoms with Gasteiger partial charge in [0.15, 0.2) is 11.5 Å². The first-order valence-corrected chi connectivity index (χ1v) is 9.23. The van der Waals surface area contributed by atoms with Crippen LogP contribution in [0.3, 0.4) is 0 Å². The Balaban J connectivity index is 1.56. The fraction of sp³-hybridized carbons (Fsp3) is 0. The van der Waals surface area contributed by atoms with Crippen molar-refractivity contribution in [2.24, 2.45) is 10.8 Å². The van der Waals surface area contributed by atoms with Crippen molar-refractivity contribution in [3.63, 3.8) is 0 Å². The number of nitrogens with two attached hydrogens (primary N) is 1. The summed E-state index contributed by atoms with van der Waals surface area (Å²) >= 11 is 7.47. The van der Waals surface area contributed by atoms with Crippen LogP contribution in [0.4, 0.5) is 0 Å². The van der Waals surface area contributed by atoms with E-state index in [2.05, 4.69) is 20.7 Å². The van der Waals surface area contributed by atoms with E-state index in [1.807, 2.05) is 17.5 Å². The zero-order chi connectivity index (χ0) is 19.7. The fourth-order valence-corrected chi connectivity index (χ4v) is 3.37. The number of fused-ring (bicyclic) bond motifs is 1. The third kappa shape index (κ3) is 3.53. The van der Waals surface area contributed by atoms with Crippen molar-refractivity contribution in [2.75, 3.05) is 0 Å². The van der Waals surface area contributed by atoms with Gasteiger partial charge in [-0.3, -0.25) is 9.89 Å². The summed E-state index contributed by atoms with van der Waals surface area (Å²) in [6.07, 6.45) is 0. The molecule has 0 unspecified atom stereocenters. The average Bonchev–Trinajstić information content (AvgIpc) is 3.37. The number of rotatable bonds is 4. The lowest BCUT2D eigenvalue weighted by Crippen LogP contribution is -2.27. The molecule has 0 aliphatic heterocycles. The number of halogens is 1. The summed E-state index contributed by atoms with van der Waals surface area (Å²) in [5.74, 6) is -0.770. The van der Waals surface area contributed by atoms with E-state index < -0.39 is 11.5 Å². The molecule has 10 heteroatoms. The van der Waals surface area contributed by atoms with Crippen LogP contribution in [-0.2, 0) is 0 Å². The number of carbonyl (C=O) groups is 1. The van der Waals surface area contributed by atoms with Crippen molar-refractivity contribution in [2.45, 2.75) is 0 Å². The molecule has 3 heterocycles. The smallest absolute Gasteiger partial charge is 0.347 e. The molecule has 4 aromatic rings. The van der Waals surface area contributed by atoms with Gasteiger partial charge >= 0.3 is 5.63 Å². The molecule has 140 valence electrons. The van der Waals surface area contributed by atoms with Gasteiger partial charge in [-0.15, -0.1) is 11.3 Å². The summed E-state index contributed by atoms with van der Waals surface area (Å²) in [6, 6.07) is 11.7. The molecule has 0 atom stereocenters. The van der Waals surface area contributed by atoms with Crippen molar-refractivity contribution >= 4 is 45.6 Å². The second-order valence-corrected chi connectivity index (χ2v) is 7.10. The third-order valence-corrected chi connectivity index (χ3v) is 4.98. The van der Waals surface area contributed by atoms with E-state index in [0.717, 1.165) is 4.88 Å². The number of aromatic nitrogens is 2. The van der Waals surface area contributed by atoms with E-state index in [-0.39, 0.29) is 17.1 Å². The van der Waals surface area contributed by atoms with Gasteiger partial charge in [0.05, 0.1) is 10.6 Å². The van der Waals surface area contributed by atoms with E-state index >= 15 is 0 Å². The summed E-state index contributed by atoms with van der Waals surface area (Å²) in [4.78, 5) is 25.3. The number of hydrogen-bond donors (Lipinski definition) is 3. The molecule has 0 saturated heterocycles. The predicted octanol–water partition coefficient (Wildman–Crippen LogP) is 2.95. The number of thiophene rings is 1. The molecule has 3 aromatic heterocycles. The van der Waals surface area contributed by atoms with Crippen molar-refractivity contribution < 1.29 is 9.21 Å². The summed E-state index contributed by atoms with van der Waals surface area (Å²) in [7, 11) is 0. The van der Waals surface area contributed by atoms with Crippen LogP contribution >= 0.6 is 22.9 Å². The second kappa shape index (κ2) is 7.29. The molecule has 0 fully saturated rings. The maximum atomic E-state index is 12.2. The predicted molar refractivity (Wildman–Crippen MR) is 108 cm³/mol. The average molecular weight is 414 g/mol. The molecule has 1 amide bonds. The molecule has 0 radical (unpaired) electrons. The Hall–Kier alpha value is -3.43. The molecular weight excluding hydrogens is 402 g/mol. The van der Waals surface area contributed by atoms with Crippen LogP contribution in [0.5, 0.6) is 0 Å². The van der Waals surface area contributed by atoms with Crippen LogP contribution in [0.25, 0.3) is 21.5 Å². The lowest BCUT2D eigenvalue weighted by Gasteiger charge is -2.03. The number of nitrogens with zero attached hydrogens (tertiary/aromatic N) is 2. The molecule has 0 aliphatic rings. The largest absolute Gasteiger partial charge is 0.422 e. The van der Waals surface area contributed by atoms with Gasteiger partial charge in [-0.25, -0.2) is 10.2 Å². The molecule has 8 nitrogen and oxygen atoms in total. The lowest BCUT2D eigenvalue weighted by atomic mass is 10.2. The van der Waals surface area contributed by atoms with Crippen molar-refractivity contribution in [3.05, 3.63) is 74.5 Å². The van der Waals surface area contributed by atoms with Gasteiger partial charge in [0.25, 0.3) is 5.91 Å². The number of H-pyrrole nitrogens is 1.